The van der Waals surface area contributed by atoms with E-state index in [-0.39, 0.29) is 0 Å². The molecule has 4 nitrogen and oxygen atoms in total. The van der Waals surface area contributed by atoms with E-state index in [9.17, 15) is 5.11 Å². The van der Waals surface area contributed by atoms with Gasteiger partial charge >= 0.3 is 0 Å². The van der Waals surface area contributed by atoms with Crippen molar-refractivity contribution in [1.82, 2.24) is 10.2 Å². The Morgan fingerprint density at radius 3 is 2.00 bits per heavy atom. The van der Waals surface area contributed by atoms with E-state index < -0.39 is 6.10 Å². The quantitative estimate of drug-likeness (QED) is 0.621. The van der Waals surface area contributed by atoms with Crippen molar-refractivity contribution in [1.29, 1.82) is 0 Å². The van der Waals surface area contributed by atoms with Crippen LogP contribution in [0.3, 0.4) is 0 Å². The molecule has 0 bridgehead atoms. The highest BCUT2D eigenvalue weighted by atomic mass is 16.5. The maximum Gasteiger partial charge on any atom is 0.0791 e. The van der Waals surface area contributed by atoms with Crippen molar-refractivity contribution in [2.75, 3.05) is 33.4 Å². The van der Waals surface area contributed by atoms with Gasteiger partial charge < -0.3 is 15.2 Å². The van der Waals surface area contributed by atoms with Gasteiger partial charge in [0.15, 0.2) is 0 Å². The number of ether oxygens (including phenoxy) is 1. The number of hydrogen-bond donors (Lipinski definition) is 2. The molecule has 0 aromatic heterocycles. The molecule has 1 unspecified atom stereocenters. The zero-order valence-corrected chi connectivity index (χ0v) is 14.4. The minimum absolute atomic E-state index is 0.408. The Morgan fingerprint density at radius 2 is 1.50 bits per heavy atom. The van der Waals surface area contributed by atoms with E-state index >= 15 is 0 Å². The third-order valence-corrected chi connectivity index (χ3v) is 3.83. The Bertz CT molecular complexity index is 507. The van der Waals surface area contributed by atoms with E-state index in [0.29, 0.717) is 19.7 Å². The molecule has 0 aliphatic carbocycles. The lowest BCUT2D eigenvalue weighted by Crippen LogP contribution is -2.38. The van der Waals surface area contributed by atoms with Crippen LogP contribution in [0.1, 0.15) is 11.1 Å². The number of aliphatic hydroxyl groups is 1. The van der Waals surface area contributed by atoms with Crippen LogP contribution in [-0.4, -0.2) is 49.5 Å². The molecule has 0 fully saturated rings. The summed E-state index contributed by atoms with van der Waals surface area (Å²) in [6.45, 7) is 4.26. The SMILES string of the molecule is COCCNCC(O)CN(Cc1ccccc1)Cc1ccccc1. The molecule has 2 aromatic rings. The number of nitrogens with zero attached hydrogens (tertiary/aromatic N) is 1. The van der Waals surface area contributed by atoms with E-state index in [0.717, 1.165) is 19.6 Å². The van der Waals surface area contributed by atoms with Crippen LogP contribution >= 0.6 is 0 Å². The molecule has 2 rings (SSSR count). The van der Waals surface area contributed by atoms with Gasteiger partial charge in [-0.15, -0.1) is 0 Å². The maximum absolute atomic E-state index is 10.3. The summed E-state index contributed by atoms with van der Waals surface area (Å²) in [5.74, 6) is 0. The second-order valence-corrected chi connectivity index (χ2v) is 5.99. The Morgan fingerprint density at radius 1 is 0.958 bits per heavy atom. The van der Waals surface area contributed by atoms with Crippen LogP contribution in [0.15, 0.2) is 60.7 Å². The average Bonchev–Trinajstić information content (AvgIpc) is 2.60. The molecule has 0 radical (unpaired) electrons. The molecule has 0 saturated heterocycles. The van der Waals surface area contributed by atoms with Gasteiger partial charge in [-0.05, 0) is 11.1 Å². The lowest BCUT2D eigenvalue weighted by atomic mass is 10.1. The number of hydrogen-bond acceptors (Lipinski definition) is 4. The molecule has 0 saturated carbocycles. The molecule has 0 amide bonds. The first-order valence-corrected chi connectivity index (χ1v) is 8.46. The maximum atomic E-state index is 10.3. The van der Waals surface area contributed by atoms with Crippen molar-refractivity contribution in [3.8, 4) is 0 Å². The fourth-order valence-corrected chi connectivity index (χ4v) is 2.67. The Balaban J connectivity index is 1.91. The number of methoxy groups -OCH3 is 1. The van der Waals surface area contributed by atoms with Gasteiger partial charge in [-0.2, -0.15) is 0 Å². The van der Waals surface area contributed by atoms with Gasteiger partial charge in [-0.1, -0.05) is 60.7 Å². The van der Waals surface area contributed by atoms with E-state index in [1.807, 2.05) is 12.1 Å². The van der Waals surface area contributed by atoms with Crippen molar-refractivity contribution in [2.45, 2.75) is 19.2 Å². The van der Waals surface area contributed by atoms with Crippen LogP contribution in [0, 0.1) is 0 Å². The summed E-state index contributed by atoms with van der Waals surface area (Å²) in [5.41, 5.74) is 2.51. The average molecular weight is 328 g/mol. The topological polar surface area (TPSA) is 44.7 Å². The first kappa shape index (κ1) is 18.6. The van der Waals surface area contributed by atoms with Crippen LogP contribution in [0.4, 0.5) is 0 Å². The molecule has 2 aromatic carbocycles. The van der Waals surface area contributed by atoms with Gasteiger partial charge in [0, 0.05) is 39.8 Å². The first-order chi connectivity index (χ1) is 11.8. The second-order valence-electron chi connectivity index (χ2n) is 5.99. The van der Waals surface area contributed by atoms with Crippen LogP contribution < -0.4 is 5.32 Å². The highest BCUT2D eigenvalue weighted by molar-refractivity contribution is 5.17. The van der Waals surface area contributed by atoms with Gasteiger partial charge in [0.1, 0.15) is 0 Å². The van der Waals surface area contributed by atoms with Gasteiger partial charge in [0.25, 0.3) is 0 Å². The lowest BCUT2D eigenvalue weighted by molar-refractivity contribution is 0.101. The van der Waals surface area contributed by atoms with E-state index in [1.54, 1.807) is 7.11 Å². The van der Waals surface area contributed by atoms with Crippen molar-refractivity contribution >= 4 is 0 Å². The van der Waals surface area contributed by atoms with Crippen LogP contribution in [0.25, 0.3) is 0 Å². The molecule has 24 heavy (non-hydrogen) atoms. The summed E-state index contributed by atoms with van der Waals surface area (Å²) in [4.78, 5) is 2.29. The minimum Gasteiger partial charge on any atom is -0.390 e. The summed E-state index contributed by atoms with van der Waals surface area (Å²) in [7, 11) is 1.68. The molecular formula is C20H28N2O2. The zero-order chi connectivity index (χ0) is 17.0. The lowest BCUT2D eigenvalue weighted by Gasteiger charge is -2.25. The summed E-state index contributed by atoms with van der Waals surface area (Å²) in [6.07, 6.45) is -0.408. The van der Waals surface area contributed by atoms with Gasteiger partial charge in [-0.3, -0.25) is 4.90 Å². The summed E-state index contributed by atoms with van der Waals surface area (Å²) >= 11 is 0. The molecule has 4 heteroatoms. The molecule has 1 atom stereocenters. The second kappa shape index (κ2) is 10.9. The molecule has 0 aliphatic rings. The smallest absolute Gasteiger partial charge is 0.0791 e. The highest BCUT2D eigenvalue weighted by Gasteiger charge is 2.13. The summed E-state index contributed by atoms with van der Waals surface area (Å²) in [6, 6.07) is 20.8. The third-order valence-electron chi connectivity index (χ3n) is 3.83. The molecule has 0 spiro atoms. The van der Waals surface area contributed by atoms with Crippen LogP contribution in [-0.2, 0) is 17.8 Å². The Kier molecular flexibility index (Phi) is 8.49. The standard InChI is InChI=1S/C20H28N2O2/c1-24-13-12-21-14-20(23)17-22(15-18-8-4-2-5-9-18)16-19-10-6-3-7-11-19/h2-11,20-21,23H,12-17H2,1H3. The Hall–Kier alpha value is -1.72. The molecule has 130 valence electrons. The fraction of sp³-hybridized carbons (Fsp3) is 0.400. The number of nitrogens with one attached hydrogen (secondary N) is 1. The predicted octanol–water partition coefficient (Wildman–Crippen LogP) is 2.29. The molecule has 0 aliphatic heterocycles. The molecular weight excluding hydrogens is 300 g/mol. The minimum atomic E-state index is -0.408. The van der Waals surface area contributed by atoms with Crippen molar-refractivity contribution in [2.24, 2.45) is 0 Å². The van der Waals surface area contributed by atoms with Gasteiger partial charge in [0.05, 0.1) is 12.7 Å². The zero-order valence-electron chi connectivity index (χ0n) is 14.4. The van der Waals surface area contributed by atoms with Crippen LogP contribution in [0.2, 0.25) is 0 Å². The number of benzene rings is 2. The van der Waals surface area contributed by atoms with E-state index in [4.69, 9.17) is 4.74 Å². The normalized spacial score (nSPS) is 12.5. The molecule has 2 N–H and O–H groups in total. The first-order valence-electron chi connectivity index (χ1n) is 8.46. The van der Waals surface area contributed by atoms with Crippen molar-refractivity contribution < 1.29 is 9.84 Å². The van der Waals surface area contributed by atoms with Gasteiger partial charge in [-0.25, -0.2) is 0 Å². The predicted molar refractivity (Wildman–Crippen MR) is 97.8 cm³/mol. The largest absolute Gasteiger partial charge is 0.390 e. The van der Waals surface area contributed by atoms with Crippen molar-refractivity contribution in [3.63, 3.8) is 0 Å². The van der Waals surface area contributed by atoms with Crippen molar-refractivity contribution in [3.05, 3.63) is 71.8 Å². The Labute approximate surface area is 145 Å². The number of aliphatic hydroxyl groups excluding tert-OH is 1. The fourth-order valence-electron chi connectivity index (χ4n) is 2.67. The number of rotatable bonds is 11. The monoisotopic (exact) mass is 328 g/mol. The van der Waals surface area contributed by atoms with E-state index in [1.165, 1.54) is 11.1 Å². The van der Waals surface area contributed by atoms with Crippen LogP contribution in [0.5, 0.6) is 0 Å². The summed E-state index contributed by atoms with van der Waals surface area (Å²) in [5, 5.41) is 13.5. The third kappa shape index (κ3) is 7.23. The van der Waals surface area contributed by atoms with E-state index in [2.05, 4.69) is 58.7 Å². The molecule has 0 heterocycles. The van der Waals surface area contributed by atoms with Gasteiger partial charge in [0.2, 0.25) is 0 Å². The highest BCUT2D eigenvalue weighted by Crippen LogP contribution is 2.10. The summed E-state index contributed by atoms with van der Waals surface area (Å²) < 4.78 is 5.01.